The highest BCUT2D eigenvalue weighted by Crippen LogP contribution is 2.13. The number of alkyl halides is 1. The van der Waals surface area contributed by atoms with E-state index in [1.54, 1.807) is 6.92 Å². The molecule has 6 heteroatoms. The summed E-state index contributed by atoms with van der Waals surface area (Å²) < 4.78 is 38.4. The molecule has 1 unspecified atom stereocenters. The molecule has 1 atom stereocenters. The molecule has 0 radical (unpaired) electrons. The van der Waals surface area contributed by atoms with Crippen molar-refractivity contribution in [3.8, 4) is 0 Å². The third-order valence-electron chi connectivity index (χ3n) is 2.26. The van der Waals surface area contributed by atoms with Crippen LogP contribution in [0.3, 0.4) is 0 Å². The lowest BCUT2D eigenvalue weighted by atomic mass is 10.1. The van der Waals surface area contributed by atoms with Crippen LogP contribution in [0.5, 0.6) is 0 Å². The molecule has 1 aromatic rings. The molecule has 0 spiro atoms. The molecule has 1 amide bonds. The van der Waals surface area contributed by atoms with Gasteiger partial charge in [0, 0.05) is 17.5 Å². The van der Waals surface area contributed by atoms with Gasteiger partial charge in [-0.3, -0.25) is 4.79 Å². The van der Waals surface area contributed by atoms with Crippen LogP contribution in [0.4, 0.5) is 13.2 Å². The monoisotopic (exact) mass is 265 g/mol. The highest BCUT2D eigenvalue weighted by Gasteiger charge is 2.16. The van der Waals surface area contributed by atoms with E-state index in [0.29, 0.717) is 18.6 Å². The van der Waals surface area contributed by atoms with Gasteiger partial charge in [-0.15, -0.1) is 11.6 Å². The van der Waals surface area contributed by atoms with Crippen molar-refractivity contribution in [2.45, 2.75) is 19.4 Å². The van der Waals surface area contributed by atoms with Crippen LogP contribution < -0.4 is 5.32 Å². The van der Waals surface area contributed by atoms with Crippen LogP contribution >= 0.6 is 11.6 Å². The number of hydrogen-bond donors (Lipinski definition) is 1. The van der Waals surface area contributed by atoms with Gasteiger partial charge in [-0.1, -0.05) is 6.92 Å². The van der Waals surface area contributed by atoms with Gasteiger partial charge in [0.25, 0.3) is 5.91 Å². The van der Waals surface area contributed by atoms with E-state index in [2.05, 4.69) is 5.32 Å². The number of halogens is 4. The van der Waals surface area contributed by atoms with Crippen LogP contribution in [0, 0.1) is 17.5 Å². The zero-order chi connectivity index (χ0) is 13.0. The van der Waals surface area contributed by atoms with Crippen molar-refractivity contribution in [3.63, 3.8) is 0 Å². The Morgan fingerprint density at radius 2 is 1.88 bits per heavy atom. The summed E-state index contributed by atoms with van der Waals surface area (Å²) in [5.74, 6) is -4.88. The predicted molar refractivity (Wildman–Crippen MR) is 58.6 cm³/mol. The van der Waals surface area contributed by atoms with Gasteiger partial charge in [0.1, 0.15) is 0 Å². The maximum Gasteiger partial charge on any atom is 0.251 e. The minimum absolute atomic E-state index is 0.189. The summed E-state index contributed by atoms with van der Waals surface area (Å²) in [6, 6.07) is 1.00. The maximum atomic E-state index is 12.9. The second kappa shape index (κ2) is 5.91. The summed E-state index contributed by atoms with van der Waals surface area (Å²) in [6.45, 7) is 1.80. The average molecular weight is 266 g/mol. The Bertz CT molecular complexity index is 398. The molecule has 0 aliphatic rings. The van der Waals surface area contributed by atoms with E-state index in [-0.39, 0.29) is 17.5 Å². The van der Waals surface area contributed by atoms with Crippen molar-refractivity contribution in [1.29, 1.82) is 0 Å². The first-order valence-electron chi connectivity index (χ1n) is 5.01. The third kappa shape index (κ3) is 3.36. The number of carbonyl (C=O) groups excluding carboxylic acids is 1. The molecule has 1 N–H and O–H groups in total. The van der Waals surface area contributed by atoms with Crippen molar-refractivity contribution < 1.29 is 18.0 Å². The summed E-state index contributed by atoms with van der Waals surface area (Å²) >= 11 is 5.56. The molecule has 0 bridgehead atoms. The average Bonchev–Trinajstić information content (AvgIpc) is 2.31. The summed E-state index contributed by atoms with van der Waals surface area (Å²) in [4.78, 5) is 11.6. The second-order valence-corrected chi connectivity index (χ2v) is 3.80. The van der Waals surface area contributed by atoms with Crippen molar-refractivity contribution in [2.75, 3.05) is 5.88 Å². The molecular formula is C11H11ClF3NO. The Labute approximate surface area is 102 Å². The van der Waals surface area contributed by atoms with E-state index in [0.717, 1.165) is 0 Å². The molecule has 0 heterocycles. The Balaban J connectivity index is 2.90. The quantitative estimate of drug-likeness (QED) is 0.658. The standard InChI is InChI=1S/C11H11ClF3NO/c1-2-7(5-12)16-11(17)6-3-8(13)10(15)9(14)4-6/h3-4,7H,2,5H2,1H3,(H,16,17). The van der Waals surface area contributed by atoms with Gasteiger partial charge in [-0.2, -0.15) is 0 Å². The first kappa shape index (κ1) is 13.8. The van der Waals surface area contributed by atoms with Gasteiger partial charge in [-0.05, 0) is 18.6 Å². The van der Waals surface area contributed by atoms with E-state index < -0.39 is 23.4 Å². The fourth-order valence-electron chi connectivity index (χ4n) is 1.21. The number of amides is 1. The Morgan fingerprint density at radius 1 is 1.35 bits per heavy atom. The van der Waals surface area contributed by atoms with Crippen LogP contribution in [0.25, 0.3) is 0 Å². The highest BCUT2D eigenvalue weighted by atomic mass is 35.5. The van der Waals surface area contributed by atoms with E-state index in [1.807, 2.05) is 0 Å². The molecule has 0 aliphatic heterocycles. The lowest BCUT2D eigenvalue weighted by molar-refractivity contribution is 0.0938. The first-order valence-corrected chi connectivity index (χ1v) is 5.54. The van der Waals surface area contributed by atoms with Gasteiger partial charge in [0.05, 0.1) is 0 Å². The Morgan fingerprint density at radius 3 is 2.29 bits per heavy atom. The van der Waals surface area contributed by atoms with E-state index in [1.165, 1.54) is 0 Å². The minimum atomic E-state index is -1.59. The number of hydrogen-bond acceptors (Lipinski definition) is 1. The molecule has 0 saturated carbocycles. The number of nitrogens with one attached hydrogen (secondary N) is 1. The molecule has 94 valence electrons. The van der Waals surface area contributed by atoms with Crippen molar-refractivity contribution in [1.82, 2.24) is 5.32 Å². The molecule has 1 rings (SSSR count). The van der Waals surface area contributed by atoms with Gasteiger partial charge in [0.15, 0.2) is 17.5 Å². The third-order valence-corrected chi connectivity index (χ3v) is 2.63. The van der Waals surface area contributed by atoms with Crippen LogP contribution in [0.1, 0.15) is 23.7 Å². The molecule has 0 aliphatic carbocycles. The number of benzene rings is 1. The topological polar surface area (TPSA) is 29.1 Å². The van der Waals surface area contributed by atoms with E-state index >= 15 is 0 Å². The SMILES string of the molecule is CCC(CCl)NC(=O)c1cc(F)c(F)c(F)c1. The van der Waals surface area contributed by atoms with Crippen molar-refractivity contribution >= 4 is 17.5 Å². The first-order chi connectivity index (χ1) is 7.99. The Hall–Kier alpha value is -1.23. The normalized spacial score (nSPS) is 12.3. The maximum absolute atomic E-state index is 12.9. The molecular weight excluding hydrogens is 255 g/mol. The number of rotatable bonds is 4. The van der Waals surface area contributed by atoms with Crippen molar-refractivity contribution in [3.05, 3.63) is 35.1 Å². The predicted octanol–water partition coefficient (Wildman–Crippen LogP) is 2.85. The molecule has 0 saturated heterocycles. The van der Waals surface area contributed by atoms with Crippen LogP contribution in [0.15, 0.2) is 12.1 Å². The van der Waals surface area contributed by atoms with E-state index in [9.17, 15) is 18.0 Å². The van der Waals surface area contributed by atoms with Gasteiger partial charge < -0.3 is 5.32 Å². The van der Waals surface area contributed by atoms with Gasteiger partial charge in [0.2, 0.25) is 0 Å². The fourth-order valence-corrected chi connectivity index (χ4v) is 1.50. The van der Waals surface area contributed by atoms with Gasteiger partial charge >= 0.3 is 0 Å². The lowest BCUT2D eigenvalue weighted by Gasteiger charge is -2.13. The zero-order valence-corrected chi connectivity index (χ0v) is 9.82. The van der Waals surface area contributed by atoms with Crippen LogP contribution in [-0.2, 0) is 0 Å². The van der Waals surface area contributed by atoms with Crippen LogP contribution in [-0.4, -0.2) is 17.8 Å². The minimum Gasteiger partial charge on any atom is -0.348 e. The molecule has 2 nitrogen and oxygen atoms in total. The number of carbonyl (C=O) groups is 1. The zero-order valence-electron chi connectivity index (χ0n) is 9.07. The second-order valence-electron chi connectivity index (χ2n) is 3.49. The van der Waals surface area contributed by atoms with E-state index in [4.69, 9.17) is 11.6 Å². The smallest absolute Gasteiger partial charge is 0.251 e. The summed E-state index contributed by atoms with van der Waals surface area (Å²) in [7, 11) is 0. The van der Waals surface area contributed by atoms with Gasteiger partial charge in [-0.25, -0.2) is 13.2 Å². The summed E-state index contributed by atoms with van der Waals surface area (Å²) in [5, 5.41) is 2.48. The molecule has 0 aromatic heterocycles. The summed E-state index contributed by atoms with van der Waals surface area (Å²) in [5.41, 5.74) is -0.273. The molecule has 1 aromatic carbocycles. The molecule has 0 fully saturated rings. The summed E-state index contributed by atoms with van der Waals surface area (Å²) in [6.07, 6.45) is 0.585. The van der Waals surface area contributed by atoms with Crippen LogP contribution in [0.2, 0.25) is 0 Å². The molecule has 17 heavy (non-hydrogen) atoms. The lowest BCUT2D eigenvalue weighted by Crippen LogP contribution is -2.35. The Kier molecular flexibility index (Phi) is 4.81. The van der Waals surface area contributed by atoms with Crippen molar-refractivity contribution in [2.24, 2.45) is 0 Å². The largest absolute Gasteiger partial charge is 0.348 e. The fraction of sp³-hybridized carbons (Fsp3) is 0.364. The highest BCUT2D eigenvalue weighted by molar-refractivity contribution is 6.18.